The van der Waals surface area contributed by atoms with Gasteiger partial charge in [-0.15, -0.1) is 0 Å². The first-order chi connectivity index (χ1) is 20.9. The molecule has 5 rings (SSSR count). The molecule has 5 heterocycles. The van der Waals surface area contributed by atoms with Crippen LogP contribution in [0.3, 0.4) is 0 Å². The van der Waals surface area contributed by atoms with Crippen LogP contribution in [0.5, 0.6) is 0 Å². The molecular weight excluding hydrogens is 586 g/mol. The highest BCUT2D eigenvalue weighted by atomic mass is 16.0. The third kappa shape index (κ3) is 18.1. The maximum absolute atomic E-state index is 5.34. The highest BCUT2D eigenvalue weighted by Crippen LogP contribution is 2.01. The predicted molar refractivity (Wildman–Crippen MR) is 183 cm³/mol. The lowest BCUT2D eigenvalue weighted by Crippen LogP contribution is -1.97. The smallest absolute Gasteiger partial charge is 0.220 e. The summed E-state index contributed by atoms with van der Waals surface area (Å²) < 4.78 is 0. The van der Waals surface area contributed by atoms with E-state index in [4.69, 9.17) is 28.7 Å². The fourth-order valence-corrected chi connectivity index (χ4v) is 3.77. The number of hydrogen-bond acceptors (Lipinski definition) is 15. The molecule has 16 nitrogen and oxygen atoms in total. The van der Waals surface area contributed by atoms with Crippen LogP contribution >= 0.6 is 0 Å². The van der Waals surface area contributed by atoms with Crippen molar-refractivity contribution in [1.29, 1.82) is 0 Å². The molecule has 0 aromatic carbocycles. The minimum absolute atomic E-state index is 0. The van der Waals surface area contributed by atoms with Crippen molar-refractivity contribution < 1.29 is 5.48 Å². The van der Waals surface area contributed by atoms with Gasteiger partial charge in [-0.3, -0.25) is 0 Å². The first kappa shape index (κ1) is 40.4. The Morgan fingerprint density at radius 3 is 0.413 bits per heavy atom. The Morgan fingerprint density at radius 2 is 0.348 bits per heavy atom. The maximum atomic E-state index is 5.34. The molecule has 0 bridgehead atoms. The standard InChI is InChI=1S/5C6H9N3.H2O/c5*1-4-3-5(2)9-6(7)8-4;/h5*3H,1-2H3,(H2,7,8,9);1H2. The van der Waals surface area contributed by atoms with E-state index in [2.05, 4.69) is 49.8 Å². The molecule has 248 valence electrons. The van der Waals surface area contributed by atoms with E-state index in [1.54, 1.807) is 0 Å². The Morgan fingerprint density at radius 1 is 0.261 bits per heavy atom. The van der Waals surface area contributed by atoms with Gasteiger partial charge in [0.05, 0.1) is 0 Å². The summed E-state index contributed by atoms with van der Waals surface area (Å²) in [4.78, 5) is 39.0. The minimum Gasteiger partial charge on any atom is -0.412 e. The van der Waals surface area contributed by atoms with E-state index in [9.17, 15) is 0 Å². The van der Waals surface area contributed by atoms with Crippen LogP contribution in [0.25, 0.3) is 0 Å². The number of nitrogens with two attached hydrogens (primary N) is 5. The SMILES string of the molecule is Cc1cc(C)nc(N)n1.Cc1cc(C)nc(N)n1.Cc1cc(C)nc(N)n1.Cc1cc(C)nc(N)n1.Cc1cc(C)nc(N)n1.O. The third-order valence-electron chi connectivity index (χ3n) is 5.00. The van der Waals surface area contributed by atoms with Gasteiger partial charge in [-0.05, 0) is 99.6 Å². The molecule has 5 aromatic rings. The molecule has 0 fully saturated rings. The molecule has 0 radical (unpaired) electrons. The first-order valence-corrected chi connectivity index (χ1v) is 13.8. The van der Waals surface area contributed by atoms with Crippen molar-refractivity contribution in [3.05, 3.63) is 87.3 Å². The molecule has 0 atom stereocenters. The fourth-order valence-electron chi connectivity index (χ4n) is 3.77. The van der Waals surface area contributed by atoms with Crippen LogP contribution in [-0.2, 0) is 0 Å². The van der Waals surface area contributed by atoms with E-state index in [1.807, 2.05) is 99.6 Å². The number of aryl methyl sites for hydroxylation is 10. The molecule has 0 amide bonds. The fraction of sp³-hybridized carbons (Fsp3) is 0.333. The van der Waals surface area contributed by atoms with Crippen LogP contribution in [0.1, 0.15) is 56.9 Å². The Kier molecular flexibility index (Phi) is 17.2. The van der Waals surface area contributed by atoms with Gasteiger partial charge in [0.15, 0.2) is 0 Å². The van der Waals surface area contributed by atoms with Gasteiger partial charge in [0.25, 0.3) is 0 Å². The molecule has 0 aliphatic heterocycles. The van der Waals surface area contributed by atoms with E-state index in [-0.39, 0.29) is 5.48 Å². The monoisotopic (exact) mass is 633 g/mol. The molecule has 12 N–H and O–H groups in total. The summed E-state index contributed by atoms with van der Waals surface area (Å²) >= 11 is 0. The number of hydrogen-bond donors (Lipinski definition) is 5. The predicted octanol–water partition coefficient (Wildman–Crippen LogP) is 2.55. The van der Waals surface area contributed by atoms with Gasteiger partial charge in [0.2, 0.25) is 29.7 Å². The maximum Gasteiger partial charge on any atom is 0.220 e. The molecule has 0 unspecified atom stereocenters. The molecule has 5 aromatic heterocycles. The number of rotatable bonds is 0. The summed E-state index contributed by atoms with van der Waals surface area (Å²) in [5.74, 6) is 1.77. The topological polar surface area (TPSA) is 290 Å². The average molecular weight is 634 g/mol. The highest BCUT2D eigenvalue weighted by Gasteiger charge is 1.94. The van der Waals surface area contributed by atoms with Crippen LogP contribution in [-0.4, -0.2) is 55.3 Å². The second-order valence-electron chi connectivity index (χ2n) is 10.0. The molecular formula is C30H47N15O. The largest absolute Gasteiger partial charge is 0.412 e. The Labute approximate surface area is 270 Å². The summed E-state index contributed by atoms with van der Waals surface area (Å²) in [6, 6.07) is 9.43. The Bertz CT molecular complexity index is 1140. The molecule has 16 heteroatoms. The minimum atomic E-state index is 0. The van der Waals surface area contributed by atoms with Gasteiger partial charge in [-0.2, -0.15) is 0 Å². The van der Waals surface area contributed by atoms with Gasteiger partial charge >= 0.3 is 0 Å². The van der Waals surface area contributed by atoms with Crippen molar-refractivity contribution in [3.63, 3.8) is 0 Å². The molecule has 0 saturated heterocycles. The average Bonchev–Trinajstić information content (AvgIpc) is 2.81. The van der Waals surface area contributed by atoms with Gasteiger partial charge in [-0.1, -0.05) is 0 Å². The Hall–Kier alpha value is -5.64. The number of aromatic nitrogens is 10. The first-order valence-electron chi connectivity index (χ1n) is 13.8. The van der Waals surface area contributed by atoms with Gasteiger partial charge in [0.1, 0.15) is 0 Å². The van der Waals surface area contributed by atoms with Crippen molar-refractivity contribution >= 4 is 29.7 Å². The van der Waals surface area contributed by atoms with Crippen molar-refractivity contribution in [1.82, 2.24) is 49.8 Å². The Balaban J connectivity index is 0.000000547. The second kappa shape index (κ2) is 19.6. The molecule has 0 aliphatic carbocycles. The van der Waals surface area contributed by atoms with Crippen LogP contribution in [0, 0.1) is 69.2 Å². The van der Waals surface area contributed by atoms with Gasteiger partial charge in [-0.25, -0.2) is 49.8 Å². The van der Waals surface area contributed by atoms with Crippen LogP contribution < -0.4 is 28.7 Å². The van der Waals surface area contributed by atoms with Gasteiger partial charge in [0, 0.05) is 56.9 Å². The van der Waals surface area contributed by atoms with Crippen LogP contribution in [0.4, 0.5) is 29.7 Å². The quantitative estimate of drug-likeness (QED) is 0.164. The van der Waals surface area contributed by atoms with E-state index in [0.29, 0.717) is 29.7 Å². The molecule has 0 saturated carbocycles. The second-order valence-corrected chi connectivity index (χ2v) is 10.0. The highest BCUT2D eigenvalue weighted by molar-refractivity contribution is 5.23. The van der Waals surface area contributed by atoms with Gasteiger partial charge < -0.3 is 34.1 Å². The zero-order chi connectivity index (χ0) is 34.3. The number of anilines is 5. The summed E-state index contributed by atoms with van der Waals surface area (Å²) in [5.41, 5.74) is 35.9. The normalized spacial score (nSPS) is 9.35. The van der Waals surface area contributed by atoms with E-state index in [1.165, 1.54) is 0 Å². The summed E-state index contributed by atoms with van der Waals surface area (Å²) in [7, 11) is 0. The van der Waals surface area contributed by atoms with E-state index < -0.39 is 0 Å². The third-order valence-corrected chi connectivity index (χ3v) is 5.00. The summed E-state index contributed by atoms with van der Waals surface area (Å²) in [6.45, 7) is 18.9. The zero-order valence-electron chi connectivity index (χ0n) is 28.2. The van der Waals surface area contributed by atoms with Crippen molar-refractivity contribution in [2.45, 2.75) is 69.2 Å². The molecule has 46 heavy (non-hydrogen) atoms. The number of nitrogen functional groups attached to an aromatic ring is 5. The number of nitrogens with zero attached hydrogens (tertiary/aromatic N) is 10. The lowest BCUT2D eigenvalue weighted by Gasteiger charge is -1.94. The van der Waals surface area contributed by atoms with E-state index in [0.717, 1.165) is 56.9 Å². The van der Waals surface area contributed by atoms with E-state index >= 15 is 0 Å². The summed E-state index contributed by atoms with van der Waals surface area (Å²) in [6.07, 6.45) is 0. The van der Waals surface area contributed by atoms with Crippen molar-refractivity contribution in [2.75, 3.05) is 28.7 Å². The van der Waals surface area contributed by atoms with Crippen LogP contribution in [0.15, 0.2) is 30.3 Å². The summed E-state index contributed by atoms with van der Waals surface area (Å²) in [5, 5.41) is 0. The van der Waals surface area contributed by atoms with Crippen LogP contribution in [0.2, 0.25) is 0 Å². The van der Waals surface area contributed by atoms with Crippen molar-refractivity contribution in [2.24, 2.45) is 0 Å². The lowest BCUT2D eigenvalue weighted by atomic mass is 10.4. The lowest BCUT2D eigenvalue weighted by molar-refractivity contribution is 0.824. The zero-order valence-corrected chi connectivity index (χ0v) is 28.2. The molecule has 0 aliphatic rings. The molecule has 0 spiro atoms. The van der Waals surface area contributed by atoms with Crippen molar-refractivity contribution in [3.8, 4) is 0 Å².